The van der Waals surface area contributed by atoms with Crippen LogP contribution in [0.15, 0.2) is 42.6 Å². The number of nitrogens with one attached hydrogen (secondary N) is 2. The smallest absolute Gasteiger partial charge is 0.370 e. The lowest BCUT2D eigenvalue weighted by Gasteiger charge is -2.12. The van der Waals surface area contributed by atoms with Crippen LogP contribution in [0, 0.1) is 17.8 Å². The van der Waals surface area contributed by atoms with Crippen molar-refractivity contribution < 1.29 is 13.2 Å². The minimum absolute atomic E-state index is 0.0626. The van der Waals surface area contributed by atoms with Crippen molar-refractivity contribution in [3.05, 3.63) is 53.9 Å². The number of nitriles is 1. The van der Waals surface area contributed by atoms with Crippen molar-refractivity contribution in [1.82, 2.24) is 19.9 Å². The van der Waals surface area contributed by atoms with Gasteiger partial charge < -0.3 is 10.6 Å². The molecule has 0 aromatic carbocycles. The summed E-state index contributed by atoms with van der Waals surface area (Å²) in [6, 6.07) is 9.45. The van der Waals surface area contributed by atoms with E-state index in [4.69, 9.17) is 5.26 Å². The zero-order chi connectivity index (χ0) is 23.4. The Morgan fingerprint density at radius 1 is 0.939 bits per heavy atom. The molecule has 5 rings (SSSR count). The fraction of sp³-hybridized carbons (Fsp3) is 0.348. The quantitative estimate of drug-likeness (QED) is 0.485. The molecule has 0 radical (unpaired) electrons. The lowest BCUT2D eigenvalue weighted by atomic mass is 10.2. The summed E-state index contributed by atoms with van der Waals surface area (Å²) in [4.78, 5) is 16.9. The Morgan fingerprint density at radius 2 is 1.70 bits per heavy atom. The molecule has 7 nitrogen and oxygen atoms in total. The van der Waals surface area contributed by atoms with E-state index in [1.165, 1.54) is 43.4 Å². The molecule has 0 aliphatic heterocycles. The van der Waals surface area contributed by atoms with Gasteiger partial charge in [0.25, 0.3) is 0 Å². The highest BCUT2D eigenvalue weighted by molar-refractivity contribution is 5.62. The Labute approximate surface area is 189 Å². The highest BCUT2D eigenvalue weighted by Crippen LogP contribution is 2.40. The number of rotatable bonds is 7. The fourth-order valence-electron chi connectivity index (χ4n) is 3.32. The molecule has 0 bridgehead atoms. The average Bonchev–Trinajstić information content (AvgIpc) is 3.72. The Morgan fingerprint density at radius 3 is 2.39 bits per heavy atom. The number of anilines is 3. The summed E-state index contributed by atoms with van der Waals surface area (Å²) in [5, 5.41) is 12.9. The summed E-state index contributed by atoms with van der Waals surface area (Å²) in [7, 11) is 0. The molecule has 170 valence electrons. The molecule has 2 fully saturated rings. The van der Waals surface area contributed by atoms with Crippen LogP contribution in [0.1, 0.15) is 42.9 Å². The van der Waals surface area contributed by atoms with E-state index >= 15 is 0 Å². The third-order valence-electron chi connectivity index (χ3n) is 5.35. The fourth-order valence-corrected chi connectivity index (χ4v) is 3.32. The second-order valence-corrected chi connectivity index (χ2v) is 8.07. The van der Waals surface area contributed by atoms with Gasteiger partial charge in [-0.1, -0.05) is 6.07 Å². The molecular weight excluding hydrogens is 431 g/mol. The third-order valence-corrected chi connectivity index (χ3v) is 5.35. The maximum atomic E-state index is 13.1. The number of alkyl halides is 3. The average molecular weight is 453 g/mol. The molecule has 0 unspecified atom stereocenters. The van der Waals surface area contributed by atoms with Crippen molar-refractivity contribution in [3.63, 3.8) is 0 Å². The topological polar surface area (TPSA) is 99.4 Å². The van der Waals surface area contributed by atoms with Crippen molar-refractivity contribution in [1.29, 1.82) is 5.26 Å². The number of halogens is 3. The summed E-state index contributed by atoms with van der Waals surface area (Å²) in [5.74, 6) is 2.93. The molecule has 3 aromatic rings. The van der Waals surface area contributed by atoms with Gasteiger partial charge in [0.05, 0.1) is 0 Å². The van der Waals surface area contributed by atoms with E-state index < -0.39 is 11.9 Å². The predicted octanol–water partition coefficient (Wildman–Crippen LogP) is 5.54. The predicted molar refractivity (Wildman–Crippen MR) is 118 cm³/mol. The Hall–Kier alpha value is -3.74. The largest absolute Gasteiger partial charge is 0.433 e. The summed E-state index contributed by atoms with van der Waals surface area (Å²) in [5.41, 5.74) is 0.310. The monoisotopic (exact) mass is 453 g/mol. The molecule has 3 heterocycles. The molecular formula is C23H22F3N7. The molecule has 10 heteroatoms. The summed E-state index contributed by atoms with van der Waals surface area (Å²) < 4.78 is 39.4. The molecule has 2 aliphatic rings. The summed E-state index contributed by atoms with van der Waals surface area (Å²) in [6.07, 6.45) is 1.91. The first kappa shape index (κ1) is 22.5. The van der Waals surface area contributed by atoms with E-state index in [-0.39, 0.29) is 11.5 Å². The SMILES string of the molecule is C#N.FC(F)(F)c1cccc(-c2nc(NCC3CC3)cc(Nc3cc(C4CC4)ccn3)n2)n1. The van der Waals surface area contributed by atoms with Gasteiger partial charge in [-0.3, -0.25) is 0 Å². The number of hydrogen-bond acceptors (Lipinski definition) is 7. The normalized spacial score (nSPS) is 15.3. The molecule has 2 N–H and O–H groups in total. The molecule has 0 spiro atoms. The van der Waals surface area contributed by atoms with Crippen molar-refractivity contribution in [2.24, 2.45) is 5.92 Å². The number of pyridine rings is 2. The van der Waals surface area contributed by atoms with Gasteiger partial charge in [-0.05, 0) is 67.3 Å². The Bertz CT molecular complexity index is 1140. The zero-order valence-electron chi connectivity index (χ0n) is 17.7. The van der Waals surface area contributed by atoms with Crippen molar-refractivity contribution >= 4 is 17.5 Å². The first-order valence-corrected chi connectivity index (χ1v) is 10.6. The summed E-state index contributed by atoms with van der Waals surface area (Å²) >= 11 is 0. The minimum atomic E-state index is -4.54. The van der Waals surface area contributed by atoms with Gasteiger partial charge in [0, 0.05) is 25.4 Å². The van der Waals surface area contributed by atoms with Crippen LogP contribution in [-0.4, -0.2) is 26.5 Å². The van der Waals surface area contributed by atoms with Gasteiger partial charge in [-0.2, -0.15) is 13.2 Å². The number of nitrogens with zero attached hydrogens (tertiary/aromatic N) is 5. The van der Waals surface area contributed by atoms with Gasteiger partial charge in [0.2, 0.25) is 0 Å². The van der Waals surface area contributed by atoms with Crippen molar-refractivity contribution in [2.45, 2.75) is 37.8 Å². The zero-order valence-corrected chi connectivity index (χ0v) is 17.7. The molecule has 0 atom stereocenters. The van der Waals surface area contributed by atoms with E-state index in [1.54, 1.807) is 12.3 Å². The minimum Gasteiger partial charge on any atom is -0.370 e. The number of hydrogen-bond donors (Lipinski definition) is 2. The van der Waals surface area contributed by atoms with Crippen LogP contribution in [0.2, 0.25) is 0 Å². The van der Waals surface area contributed by atoms with Gasteiger partial charge in [0.15, 0.2) is 5.82 Å². The molecule has 3 aromatic heterocycles. The third kappa shape index (κ3) is 5.94. The standard InChI is InChI=1S/C22H21F3N6.CHN/c23-22(24,25)17-3-1-2-16(28-17)21-30-19(27-12-13-4-5-13)11-20(31-21)29-18-10-15(8-9-26-18)14-6-7-14;1-2/h1-3,8-11,13-14H,4-7,12H2,(H2,26,27,29,30,31);1H. The van der Waals surface area contributed by atoms with Crippen molar-refractivity contribution in [3.8, 4) is 18.1 Å². The van der Waals surface area contributed by atoms with E-state index in [0.29, 0.717) is 29.3 Å². The van der Waals surface area contributed by atoms with Crippen LogP contribution >= 0.6 is 0 Å². The molecule has 33 heavy (non-hydrogen) atoms. The molecule has 2 aliphatic carbocycles. The van der Waals surface area contributed by atoms with E-state index in [1.807, 2.05) is 12.1 Å². The maximum absolute atomic E-state index is 13.1. The van der Waals surface area contributed by atoms with E-state index in [2.05, 4.69) is 37.1 Å². The highest BCUT2D eigenvalue weighted by atomic mass is 19.4. The van der Waals surface area contributed by atoms with Gasteiger partial charge in [0.1, 0.15) is 28.8 Å². The first-order chi connectivity index (χ1) is 15.9. The number of aromatic nitrogens is 4. The molecule has 0 amide bonds. The summed E-state index contributed by atoms with van der Waals surface area (Å²) in [6.45, 7) is 4.27. The van der Waals surface area contributed by atoms with Crippen LogP contribution in [0.25, 0.3) is 11.5 Å². The lowest BCUT2D eigenvalue weighted by Crippen LogP contribution is -2.10. The van der Waals surface area contributed by atoms with Gasteiger partial charge in [-0.25, -0.2) is 25.2 Å². The first-order valence-electron chi connectivity index (χ1n) is 10.6. The second-order valence-electron chi connectivity index (χ2n) is 8.07. The van der Waals surface area contributed by atoms with Crippen LogP contribution in [0.5, 0.6) is 0 Å². The van der Waals surface area contributed by atoms with Gasteiger partial charge in [-0.15, -0.1) is 0 Å². The van der Waals surface area contributed by atoms with E-state index in [9.17, 15) is 13.2 Å². The maximum Gasteiger partial charge on any atom is 0.433 e. The lowest BCUT2D eigenvalue weighted by molar-refractivity contribution is -0.141. The van der Waals surface area contributed by atoms with Crippen LogP contribution < -0.4 is 10.6 Å². The van der Waals surface area contributed by atoms with E-state index in [0.717, 1.165) is 12.6 Å². The Kier molecular flexibility index (Phi) is 6.40. The highest BCUT2D eigenvalue weighted by Gasteiger charge is 2.32. The van der Waals surface area contributed by atoms with Crippen molar-refractivity contribution in [2.75, 3.05) is 17.2 Å². The second kappa shape index (κ2) is 9.40. The molecule has 0 saturated heterocycles. The van der Waals surface area contributed by atoms with Crippen LogP contribution in [0.3, 0.4) is 0 Å². The van der Waals surface area contributed by atoms with Gasteiger partial charge >= 0.3 is 6.18 Å². The van der Waals surface area contributed by atoms with Crippen LogP contribution in [0.4, 0.5) is 30.6 Å². The Balaban J connectivity index is 0.00000126. The van der Waals surface area contributed by atoms with Crippen LogP contribution in [-0.2, 0) is 6.18 Å². The molecule has 2 saturated carbocycles.